The predicted molar refractivity (Wildman–Crippen MR) is 148 cm³/mol. The molecule has 0 bridgehead atoms. The molecule has 39 heavy (non-hydrogen) atoms. The minimum absolute atomic E-state index is 0.0172. The topological polar surface area (TPSA) is 112 Å². The SMILES string of the molecule is CCCCCCCCCCN(CCCCCCCC)C(=O)COCCOCCOC(=O)ON1C(=O)CCC1=O. The van der Waals surface area contributed by atoms with Gasteiger partial charge in [0.05, 0.1) is 19.8 Å². The zero-order valence-electron chi connectivity index (χ0n) is 24.4. The van der Waals surface area contributed by atoms with Crippen molar-refractivity contribution in [2.75, 3.05) is 46.1 Å². The monoisotopic (exact) mass is 556 g/mol. The van der Waals surface area contributed by atoms with Crippen LogP contribution in [0.1, 0.15) is 117 Å². The van der Waals surface area contributed by atoms with E-state index >= 15 is 0 Å². The van der Waals surface area contributed by atoms with Gasteiger partial charge in [-0.2, -0.15) is 0 Å². The Hall–Kier alpha value is -2.20. The van der Waals surface area contributed by atoms with E-state index in [1.807, 2.05) is 4.90 Å². The molecule has 0 saturated carbocycles. The van der Waals surface area contributed by atoms with Crippen LogP contribution in [0.4, 0.5) is 4.79 Å². The highest BCUT2D eigenvalue weighted by atomic mass is 16.8. The van der Waals surface area contributed by atoms with E-state index < -0.39 is 18.0 Å². The van der Waals surface area contributed by atoms with Crippen LogP contribution in [0.5, 0.6) is 0 Å². The lowest BCUT2D eigenvalue weighted by Gasteiger charge is -2.23. The molecule has 0 aromatic heterocycles. The van der Waals surface area contributed by atoms with Gasteiger partial charge in [-0.15, -0.1) is 0 Å². The van der Waals surface area contributed by atoms with E-state index in [9.17, 15) is 19.2 Å². The first-order valence-electron chi connectivity index (χ1n) is 15.1. The Morgan fingerprint density at radius 1 is 0.667 bits per heavy atom. The van der Waals surface area contributed by atoms with Gasteiger partial charge in [0, 0.05) is 25.9 Å². The number of hydrogen-bond donors (Lipinski definition) is 0. The van der Waals surface area contributed by atoms with Gasteiger partial charge in [-0.05, 0) is 12.8 Å². The lowest BCUT2D eigenvalue weighted by Crippen LogP contribution is -2.36. The summed E-state index contributed by atoms with van der Waals surface area (Å²) in [4.78, 5) is 53.7. The first-order chi connectivity index (χ1) is 19.0. The average molecular weight is 557 g/mol. The van der Waals surface area contributed by atoms with Crippen molar-refractivity contribution in [2.24, 2.45) is 0 Å². The molecular weight excluding hydrogens is 504 g/mol. The Morgan fingerprint density at radius 3 is 1.67 bits per heavy atom. The molecule has 1 aliphatic rings. The van der Waals surface area contributed by atoms with Crippen LogP contribution in [0, 0.1) is 0 Å². The summed E-state index contributed by atoms with van der Waals surface area (Å²) in [6.07, 6.45) is 16.0. The number of carbonyl (C=O) groups excluding carboxylic acids is 4. The average Bonchev–Trinajstić information content (AvgIpc) is 3.24. The molecule has 0 N–H and O–H groups in total. The number of carbonyl (C=O) groups is 4. The van der Waals surface area contributed by atoms with Crippen LogP contribution in [0.15, 0.2) is 0 Å². The molecule has 226 valence electrons. The minimum atomic E-state index is -1.13. The highest BCUT2D eigenvalue weighted by molar-refractivity contribution is 6.01. The van der Waals surface area contributed by atoms with Crippen LogP contribution in [0.3, 0.4) is 0 Å². The maximum absolute atomic E-state index is 12.8. The van der Waals surface area contributed by atoms with E-state index in [2.05, 4.69) is 18.7 Å². The van der Waals surface area contributed by atoms with Gasteiger partial charge in [0.1, 0.15) is 13.2 Å². The largest absolute Gasteiger partial charge is 0.534 e. The van der Waals surface area contributed by atoms with Crippen molar-refractivity contribution in [3.63, 3.8) is 0 Å². The molecule has 1 rings (SSSR count). The number of unbranched alkanes of at least 4 members (excludes halogenated alkanes) is 12. The first kappa shape index (κ1) is 34.8. The van der Waals surface area contributed by atoms with Crippen LogP contribution < -0.4 is 0 Å². The second-order valence-electron chi connectivity index (χ2n) is 10.1. The fraction of sp³-hybridized carbons (Fsp3) is 0.862. The van der Waals surface area contributed by atoms with Gasteiger partial charge in [0.15, 0.2) is 0 Å². The third kappa shape index (κ3) is 17.9. The summed E-state index contributed by atoms with van der Waals surface area (Å²) in [7, 11) is 0. The van der Waals surface area contributed by atoms with Gasteiger partial charge >= 0.3 is 6.16 Å². The van der Waals surface area contributed by atoms with Crippen LogP contribution in [0.25, 0.3) is 0 Å². The molecular formula is C29H52N2O8. The zero-order valence-corrected chi connectivity index (χ0v) is 24.4. The van der Waals surface area contributed by atoms with Crippen molar-refractivity contribution in [1.29, 1.82) is 0 Å². The van der Waals surface area contributed by atoms with Crippen LogP contribution in [0.2, 0.25) is 0 Å². The lowest BCUT2D eigenvalue weighted by molar-refractivity contribution is -0.177. The summed E-state index contributed by atoms with van der Waals surface area (Å²) >= 11 is 0. The first-order valence-corrected chi connectivity index (χ1v) is 15.1. The normalized spacial score (nSPS) is 13.2. The highest BCUT2D eigenvalue weighted by Gasteiger charge is 2.33. The molecule has 0 aliphatic carbocycles. The Kier molecular flexibility index (Phi) is 21.1. The maximum Gasteiger partial charge on any atom is 0.534 e. The number of amides is 3. The molecule has 10 nitrogen and oxygen atoms in total. The minimum Gasteiger partial charge on any atom is -0.430 e. The standard InChI is InChI=1S/C29H52N2O8/c1-3-5-7-9-11-12-14-16-20-30(19-15-13-10-8-6-4-2)28(34)25-37-22-21-36-23-24-38-29(35)39-31-26(32)17-18-27(31)33/h3-25H2,1-2H3. The number of imide groups is 1. The van der Waals surface area contributed by atoms with E-state index in [-0.39, 0.29) is 51.8 Å². The number of nitrogens with zero attached hydrogens (tertiary/aromatic N) is 2. The number of ether oxygens (including phenoxy) is 3. The molecule has 0 aromatic rings. The van der Waals surface area contributed by atoms with Gasteiger partial charge in [-0.1, -0.05) is 96.0 Å². The van der Waals surface area contributed by atoms with Crippen LogP contribution in [-0.2, 0) is 33.4 Å². The molecule has 10 heteroatoms. The van der Waals surface area contributed by atoms with Gasteiger partial charge in [-0.25, -0.2) is 4.79 Å². The number of rotatable bonds is 25. The second kappa shape index (κ2) is 23.7. The van der Waals surface area contributed by atoms with E-state index in [0.29, 0.717) is 5.06 Å². The van der Waals surface area contributed by atoms with Crippen molar-refractivity contribution in [3.05, 3.63) is 0 Å². The molecule has 0 spiro atoms. The molecule has 0 atom stereocenters. The summed E-state index contributed by atoms with van der Waals surface area (Å²) in [5.74, 6) is -1.12. The van der Waals surface area contributed by atoms with Crippen molar-refractivity contribution in [1.82, 2.24) is 9.96 Å². The fourth-order valence-electron chi connectivity index (χ4n) is 4.29. The summed E-state index contributed by atoms with van der Waals surface area (Å²) in [6.45, 7) is 6.51. The van der Waals surface area contributed by atoms with Crippen molar-refractivity contribution >= 4 is 23.9 Å². The summed E-state index contributed by atoms with van der Waals surface area (Å²) in [5, 5.41) is 0.429. The Balaban J connectivity index is 2.17. The van der Waals surface area contributed by atoms with E-state index in [1.54, 1.807) is 0 Å². The molecule has 1 heterocycles. The lowest BCUT2D eigenvalue weighted by atomic mass is 10.1. The molecule has 1 saturated heterocycles. The smallest absolute Gasteiger partial charge is 0.430 e. The molecule has 0 unspecified atom stereocenters. The van der Waals surface area contributed by atoms with E-state index in [1.165, 1.54) is 64.2 Å². The summed E-state index contributed by atoms with van der Waals surface area (Å²) in [5.41, 5.74) is 0. The molecule has 1 aliphatic heterocycles. The zero-order chi connectivity index (χ0) is 28.6. The van der Waals surface area contributed by atoms with Crippen molar-refractivity contribution in [2.45, 2.75) is 117 Å². The van der Waals surface area contributed by atoms with Gasteiger partial charge in [0.25, 0.3) is 11.8 Å². The fourth-order valence-corrected chi connectivity index (χ4v) is 4.29. The Morgan fingerprint density at radius 2 is 1.13 bits per heavy atom. The van der Waals surface area contributed by atoms with Crippen LogP contribution in [-0.4, -0.2) is 80.0 Å². The second-order valence-corrected chi connectivity index (χ2v) is 10.1. The van der Waals surface area contributed by atoms with E-state index in [4.69, 9.17) is 14.2 Å². The summed E-state index contributed by atoms with van der Waals surface area (Å²) < 4.78 is 15.7. The number of hydrogen-bond acceptors (Lipinski definition) is 8. The molecule has 1 fully saturated rings. The quantitative estimate of drug-likeness (QED) is 0.0815. The highest BCUT2D eigenvalue weighted by Crippen LogP contribution is 2.13. The summed E-state index contributed by atoms with van der Waals surface area (Å²) in [6, 6.07) is 0. The molecule has 0 radical (unpaired) electrons. The third-order valence-electron chi connectivity index (χ3n) is 6.63. The molecule has 0 aromatic carbocycles. The Bertz CT molecular complexity index is 672. The van der Waals surface area contributed by atoms with Gasteiger partial charge in [0.2, 0.25) is 5.91 Å². The van der Waals surface area contributed by atoms with Gasteiger partial charge < -0.3 is 19.1 Å². The van der Waals surface area contributed by atoms with Gasteiger partial charge in [-0.3, -0.25) is 19.2 Å². The van der Waals surface area contributed by atoms with E-state index in [0.717, 1.165) is 38.8 Å². The third-order valence-corrected chi connectivity index (χ3v) is 6.63. The predicted octanol–water partition coefficient (Wildman–Crippen LogP) is 5.57. The van der Waals surface area contributed by atoms with Crippen LogP contribution >= 0.6 is 0 Å². The molecule has 3 amide bonds. The maximum atomic E-state index is 12.8. The number of hydroxylamine groups is 2. The Labute approximate surface area is 235 Å². The van der Waals surface area contributed by atoms with Crippen molar-refractivity contribution in [3.8, 4) is 0 Å². The van der Waals surface area contributed by atoms with Crippen molar-refractivity contribution < 1.29 is 38.2 Å².